The molecule has 7 heteroatoms. The number of ether oxygens (including phenoxy) is 1. The highest BCUT2D eigenvalue weighted by atomic mass is 35.5. The highest BCUT2D eigenvalue weighted by molar-refractivity contribution is 6.31. The number of fused-ring (bicyclic) bond motifs is 1. The van der Waals surface area contributed by atoms with Gasteiger partial charge in [0.25, 0.3) is 5.91 Å². The molecular weight excluding hydrogens is 429 g/mol. The van der Waals surface area contributed by atoms with Gasteiger partial charge in [-0.05, 0) is 61.4 Å². The van der Waals surface area contributed by atoms with Gasteiger partial charge in [0.05, 0.1) is 29.7 Å². The van der Waals surface area contributed by atoms with E-state index in [1.54, 1.807) is 12.1 Å². The maximum Gasteiger partial charge on any atom is 0.254 e. The van der Waals surface area contributed by atoms with Crippen molar-refractivity contribution >= 4 is 28.5 Å². The number of hydrogen-bond donors (Lipinski definition) is 1. The zero-order valence-corrected chi connectivity index (χ0v) is 18.4. The minimum absolute atomic E-state index is 0.0156. The van der Waals surface area contributed by atoms with E-state index in [4.69, 9.17) is 16.3 Å². The first-order valence-corrected chi connectivity index (χ1v) is 10.8. The van der Waals surface area contributed by atoms with Crippen LogP contribution in [-0.2, 0) is 13.1 Å². The lowest BCUT2D eigenvalue weighted by atomic mass is 10.2. The summed E-state index contributed by atoms with van der Waals surface area (Å²) >= 11 is 6.07. The van der Waals surface area contributed by atoms with Crippen LogP contribution in [0.2, 0.25) is 5.02 Å². The van der Waals surface area contributed by atoms with Crippen LogP contribution in [0.1, 0.15) is 28.2 Å². The molecule has 0 aliphatic carbocycles. The molecule has 0 saturated heterocycles. The Bertz CT molecular complexity index is 1260. The number of carbonyl (C=O) groups excluding carboxylic acids is 1. The molecule has 0 aliphatic rings. The fraction of sp³-hybridized carbons (Fsp3) is 0.200. The Morgan fingerprint density at radius 1 is 1.12 bits per heavy atom. The number of hydrogen-bond acceptors (Lipinski definition) is 3. The molecule has 0 spiro atoms. The minimum atomic E-state index is -0.548. The predicted octanol–water partition coefficient (Wildman–Crippen LogP) is 5.54. The van der Waals surface area contributed by atoms with Crippen LogP contribution in [0.5, 0.6) is 5.75 Å². The van der Waals surface area contributed by atoms with Gasteiger partial charge in [0.15, 0.2) is 0 Å². The fourth-order valence-electron chi connectivity index (χ4n) is 3.53. The molecule has 1 amide bonds. The molecule has 1 aromatic heterocycles. The van der Waals surface area contributed by atoms with Crippen molar-refractivity contribution in [3.63, 3.8) is 0 Å². The minimum Gasteiger partial charge on any atom is -0.494 e. The summed E-state index contributed by atoms with van der Waals surface area (Å²) in [5.74, 6) is 0.467. The molecule has 4 rings (SSSR count). The molecule has 3 aromatic carbocycles. The van der Waals surface area contributed by atoms with Gasteiger partial charge in [0, 0.05) is 11.6 Å². The van der Waals surface area contributed by atoms with Gasteiger partial charge in [0.2, 0.25) is 0 Å². The second-order valence-corrected chi connectivity index (χ2v) is 7.85. The third-order valence-corrected chi connectivity index (χ3v) is 5.61. The van der Waals surface area contributed by atoms with Crippen molar-refractivity contribution in [3.05, 3.63) is 94.5 Å². The fourth-order valence-corrected chi connectivity index (χ4v) is 3.65. The van der Waals surface area contributed by atoms with Crippen molar-refractivity contribution in [1.82, 2.24) is 14.9 Å². The lowest BCUT2D eigenvalue weighted by Gasteiger charge is -2.12. The molecule has 0 unspecified atom stereocenters. The molecule has 1 N–H and O–H groups in total. The smallest absolute Gasteiger partial charge is 0.254 e. The number of rotatable bonds is 8. The first kappa shape index (κ1) is 21.8. The van der Waals surface area contributed by atoms with Crippen molar-refractivity contribution in [2.45, 2.75) is 26.4 Å². The third-order valence-electron chi connectivity index (χ3n) is 5.18. The van der Waals surface area contributed by atoms with Gasteiger partial charge < -0.3 is 14.6 Å². The molecular formula is C25H23ClFN3O2. The van der Waals surface area contributed by atoms with E-state index in [0.717, 1.165) is 28.8 Å². The molecule has 0 fully saturated rings. The average Bonchev–Trinajstić information content (AvgIpc) is 3.15. The van der Waals surface area contributed by atoms with Crippen LogP contribution >= 0.6 is 11.6 Å². The molecule has 0 aliphatic heterocycles. The van der Waals surface area contributed by atoms with E-state index >= 15 is 0 Å². The number of halogens is 2. The molecule has 0 radical (unpaired) electrons. The molecule has 164 valence electrons. The highest BCUT2D eigenvalue weighted by Gasteiger charge is 2.14. The number of nitrogens with one attached hydrogen (secondary N) is 1. The van der Waals surface area contributed by atoms with E-state index in [9.17, 15) is 9.18 Å². The SMILES string of the molecule is Cc1cc(OCCCn2c(CNC(=O)c3ccccc3F)nc3ccccc32)ccc1Cl. The summed E-state index contributed by atoms with van der Waals surface area (Å²) in [4.78, 5) is 17.1. The van der Waals surface area contributed by atoms with E-state index in [2.05, 4.69) is 14.9 Å². The molecule has 32 heavy (non-hydrogen) atoms. The van der Waals surface area contributed by atoms with Crippen molar-refractivity contribution in [3.8, 4) is 5.75 Å². The second-order valence-electron chi connectivity index (χ2n) is 7.44. The summed E-state index contributed by atoms with van der Waals surface area (Å²) in [5.41, 5.74) is 2.81. The van der Waals surface area contributed by atoms with Gasteiger partial charge in [-0.1, -0.05) is 35.9 Å². The Balaban J connectivity index is 1.43. The number of aromatic nitrogens is 2. The summed E-state index contributed by atoms with van der Waals surface area (Å²) in [6.45, 7) is 3.32. The Morgan fingerprint density at radius 3 is 2.72 bits per heavy atom. The van der Waals surface area contributed by atoms with E-state index in [-0.39, 0.29) is 12.1 Å². The molecule has 0 atom stereocenters. The molecule has 0 bridgehead atoms. The lowest BCUT2D eigenvalue weighted by molar-refractivity contribution is 0.0945. The van der Waals surface area contributed by atoms with Crippen LogP contribution in [-0.4, -0.2) is 22.1 Å². The number of para-hydroxylation sites is 2. The standard InChI is InChI=1S/C25H23ClFN3O2/c1-17-15-18(11-12-20(17)26)32-14-6-13-30-23-10-5-4-9-22(23)29-24(30)16-28-25(31)19-7-2-3-8-21(19)27/h2-5,7-12,15H,6,13-14,16H2,1H3,(H,28,31). The van der Waals surface area contributed by atoms with Crippen LogP contribution < -0.4 is 10.1 Å². The van der Waals surface area contributed by atoms with Gasteiger partial charge in [-0.3, -0.25) is 4.79 Å². The largest absolute Gasteiger partial charge is 0.494 e. The zero-order chi connectivity index (χ0) is 22.5. The van der Waals surface area contributed by atoms with Crippen molar-refractivity contribution in [2.75, 3.05) is 6.61 Å². The number of amides is 1. The zero-order valence-electron chi connectivity index (χ0n) is 17.6. The molecule has 5 nitrogen and oxygen atoms in total. The lowest BCUT2D eigenvalue weighted by Crippen LogP contribution is -2.25. The first-order valence-electron chi connectivity index (χ1n) is 10.4. The molecule has 1 heterocycles. The quantitative estimate of drug-likeness (QED) is 0.358. The topological polar surface area (TPSA) is 56.1 Å². The first-order chi connectivity index (χ1) is 15.5. The van der Waals surface area contributed by atoms with Crippen molar-refractivity contribution < 1.29 is 13.9 Å². The van der Waals surface area contributed by atoms with E-state index in [0.29, 0.717) is 24.0 Å². The summed E-state index contributed by atoms with van der Waals surface area (Å²) in [7, 11) is 0. The Morgan fingerprint density at radius 2 is 1.91 bits per heavy atom. The number of imidazole rings is 1. The van der Waals surface area contributed by atoms with Gasteiger partial charge in [0.1, 0.15) is 17.4 Å². The van der Waals surface area contributed by atoms with E-state index in [1.807, 2.05) is 49.4 Å². The van der Waals surface area contributed by atoms with Gasteiger partial charge in [-0.15, -0.1) is 0 Å². The Labute approximate surface area is 190 Å². The van der Waals surface area contributed by atoms with Crippen molar-refractivity contribution in [1.29, 1.82) is 0 Å². The summed E-state index contributed by atoms with van der Waals surface area (Å²) in [5, 5.41) is 3.49. The number of aryl methyl sites for hydroxylation is 2. The molecule has 4 aromatic rings. The van der Waals surface area contributed by atoms with Crippen LogP contribution in [0.3, 0.4) is 0 Å². The van der Waals surface area contributed by atoms with Crippen LogP contribution in [0.4, 0.5) is 4.39 Å². The predicted molar refractivity (Wildman–Crippen MR) is 124 cm³/mol. The van der Waals surface area contributed by atoms with Crippen LogP contribution in [0.15, 0.2) is 66.7 Å². The van der Waals surface area contributed by atoms with E-state index in [1.165, 1.54) is 12.1 Å². The van der Waals surface area contributed by atoms with Gasteiger partial charge >= 0.3 is 0 Å². The summed E-state index contributed by atoms with van der Waals surface area (Å²) in [6, 6.07) is 19.3. The monoisotopic (exact) mass is 451 g/mol. The van der Waals surface area contributed by atoms with Gasteiger partial charge in [-0.25, -0.2) is 9.37 Å². The summed E-state index contributed by atoms with van der Waals surface area (Å²) in [6.07, 6.45) is 0.746. The van der Waals surface area contributed by atoms with Crippen LogP contribution in [0.25, 0.3) is 11.0 Å². The normalized spacial score (nSPS) is 11.0. The van der Waals surface area contributed by atoms with E-state index < -0.39 is 11.7 Å². The number of nitrogens with zero attached hydrogens (tertiary/aromatic N) is 2. The Kier molecular flexibility index (Phi) is 6.71. The molecule has 0 saturated carbocycles. The number of benzene rings is 3. The summed E-state index contributed by atoms with van der Waals surface area (Å²) < 4.78 is 21.8. The Hall–Kier alpha value is -3.38. The second kappa shape index (κ2) is 9.83. The maximum atomic E-state index is 13.9. The average molecular weight is 452 g/mol. The maximum absolute atomic E-state index is 13.9. The third kappa shape index (κ3) is 4.92. The van der Waals surface area contributed by atoms with Crippen molar-refractivity contribution in [2.24, 2.45) is 0 Å². The van der Waals surface area contributed by atoms with Gasteiger partial charge in [-0.2, -0.15) is 0 Å². The van der Waals surface area contributed by atoms with Crippen LogP contribution in [0, 0.1) is 12.7 Å². The highest BCUT2D eigenvalue weighted by Crippen LogP contribution is 2.21. The number of carbonyl (C=O) groups is 1.